The minimum Gasteiger partial charge on any atom is -0.452 e. The summed E-state index contributed by atoms with van der Waals surface area (Å²) in [5.74, 6) is -1.18. The van der Waals surface area contributed by atoms with Crippen molar-refractivity contribution < 1.29 is 22.7 Å². The molecule has 1 aromatic rings. The Bertz CT molecular complexity index is 750. The topological polar surface area (TPSA) is 80.8 Å². The summed E-state index contributed by atoms with van der Waals surface area (Å²) in [6, 6.07) is 3.98. The molecular formula is C15H17Cl2NO5S. The molecule has 0 aromatic heterocycles. The number of rotatable bonds is 5. The summed E-state index contributed by atoms with van der Waals surface area (Å²) in [6.07, 6.45) is 0.399. The summed E-state index contributed by atoms with van der Waals surface area (Å²) in [5.41, 5.74) is 0.0726. The molecule has 0 saturated carbocycles. The first-order valence-corrected chi connectivity index (χ1v) is 9.93. The molecule has 1 atom stereocenters. The Balaban J connectivity index is 1.98. The molecule has 0 N–H and O–H groups in total. The molecule has 0 spiro atoms. The summed E-state index contributed by atoms with van der Waals surface area (Å²) in [4.78, 5) is 25.7. The van der Waals surface area contributed by atoms with Crippen LogP contribution in [-0.4, -0.2) is 55.9 Å². The van der Waals surface area contributed by atoms with Gasteiger partial charge in [0.15, 0.2) is 16.4 Å². The molecule has 1 saturated heterocycles. The quantitative estimate of drug-likeness (QED) is 0.716. The molecule has 24 heavy (non-hydrogen) atoms. The van der Waals surface area contributed by atoms with Crippen molar-refractivity contribution in [3.05, 3.63) is 33.8 Å². The number of benzene rings is 1. The number of nitrogens with zero attached hydrogens (tertiary/aromatic N) is 1. The van der Waals surface area contributed by atoms with Crippen LogP contribution >= 0.6 is 23.2 Å². The highest BCUT2D eigenvalue weighted by Crippen LogP contribution is 2.22. The lowest BCUT2D eigenvalue weighted by Gasteiger charge is -2.26. The van der Waals surface area contributed by atoms with E-state index in [1.807, 2.05) is 0 Å². The van der Waals surface area contributed by atoms with Crippen LogP contribution < -0.4 is 0 Å². The highest BCUT2D eigenvalue weighted by Gasteiger charge is 2.34. The summed E-state index contributed by atoms with van der Waals surface area (Å²) in [7, 11) is -3.10. The van der Waals surface area contributed by atoms with Crippen molar-refractivity contribution in [2.45, 2.75) is 19.4 Å². The van der Waals surface area contributed by atoms with Gasteiger partial charge in [-0.1, -0.05) is 23.2 Å². The Kier molecular flexibility index (Phi) is 6.11. The Morgan fingerprint density at radius 3 is 2.62 bits per heavy atom. The van der Waals surface area contributed by atoms with E-state index in [1.165, 1.54) is 23.1 Å². The number of ether oxygens (including phenoxy) is 1. The van der Waals surface area contributed by atoms with E-state index in [0.29, 0.717) is 18.0 Å². The van der Waals surface area contributed by atoms with Crippen LogP contribution in [0.1, 0.15) is 23.7 Å². The van der Waals surface area contributed by atoms with Crippen LogP contribution in [-0.2, 0) is 19.4 Å². The second-order valence-electron chi connectivity index (χ2n) is 5.44. The Morgan fingerprint density at radius 1 is 1.33 bits per heavy atom. The molecule has 0 unspecified atom stereocenters. The summed E-state index contributed by atoms with van der Waals surface area (Å²) in [6.45, 7) is 1.61. The Morgan fingerprint density at radius 2 is 2.04 bits per heavy atom. The van der Waals surface area contributed by atoms with Crippen LogP contribution in [0.5, 0.6) is 0 Å². The van der Waals surface area contributed by atoms with Crippen molar-refractivity contribution in [3.63, 3.8) is 0 Å². The minimum absolute atomic E-state index is 0.0549. The first-order valence-electron chi connectivity index (χ1n) is 7.35. The van der Waals surface area contributed by atoms with Gasteiger partial charge in [-0.05, 0) is 31.5 Å². The second kappa shape index (κ2) is 7.72. The van der Waals surface area contributed by atoms with Gasteiger partial charge in [-0.3, -0.25) is 4.79 Å². The third-order valence-electron chi connectivity index (χ3n) is 3.79. The van der Waals surface area contributed by atoms with Gasteiger partial charge >= 0.3 is 5.97 Å². The van der Waals surface area contributed by atoms with Gasteiger partial charge in [0.1, 0.15) is 0 Å². The largest absolute Gasteiger partial charge is 0.452 e. The second-order valence-corrected chi connectivity index (χ2v) is 8.51. The van der Waals surface area contributed by atoms with E-state index in [4.69, 9.17) is 27.9 Å². The average Bonchev–Trinajstić information content (AvgIpc) is 2.87. The monoisotopic (exact) mass is 393 g/mol. The number of carbonyl (C=O) groups excluding carboxylic acids is 2. The molecule has 1 fully saturated rings. The van der Waals surface area contributed by atoms with Crippen LogP contribution in [0.2, 0.25) is 10.0 Å². The van der Waals surface area contributed by atoms with Crippen molar-refractivity contribution in [1.29, 1.82) is 0 Å². The van der Waals surface area contributed by atoms with Crippen molar-refractivity contribution >= 4 is 44.9 Å². The fourth-order valence-electron chi connectivity index (χ4n) is 2.60. The number of esters is 1. The van der Waals surface area contributed by atoms with Gasteiger partial charge in [0.05, 0.1) is 22.1 Å². The lowest BCUT2D eigenvalue weighted by Crippen LogP contribution is -2.43. The molecule has 132 valence electrons. The Labute approximate surface area is 150 Å². The van der Waals surface area contributed by atoms with E-state index in [0.717, 1.165) is 0 Å². The fourth-order valence-corrected chi connectivity index (χ4v) is 4.70. The molecular weight excluding hydrogens is 377 g/mol. The third kappa shape index (κ3) is 4.62. The molecule has 1 aliphatic rings. The van der Waals surface area contributed by atoms with Crippen LogP contribution in [0, 0.1) is 0 Å². The highest BCUT2D eigenvalue weighted by atomic mass is 35.5. The van der Waals surface area contributed by atoms with Crippen molar-refractivity contribution in [1.82, 2.24) is 4.90 Å². The number of hydrogen-bond donors (Lipinski definition) is 0. The van der Waals surface area contributed by atoms with E-state index in [-0.39, 0.29) is 28.1 Å². The van der Waals surface area contributed by atoms with Gasteiger partial charge in [0.25, 0.3) is 5.91 Å². The van der Waals surface area contributed by atoms with Gasteiger partial charge in [0, 0.05) is 17.6 Å². The van der Waals surface area contributed by atoms with Gasteiger partial charge in [0.2, 0.25) is 0 Å². The molecule has 6 nitrogen and oxygen atoms in total. The maximum atomic E-state index is 12.3. The number of likely N-dealkylation sites (N-methyl/N-ethyl adjacent to an activating group) is 1. The van der Waals surface area contributed by atoms with Gasteiger partial charge < -0.3 is 9.64 Å². The van der Waals surface area contributed by atoms with Crippen molar-refractivity contribution in [2.24, 2.45) is 0 Å². The maximum Gasteiger partial charge on any atom is 0.340 e. The van der Waals surface area contributed by atoms with Gasteiger partial charge in [-0.15, -0.1) is 0 Å². The normalized spacial score (nSPS) is 19.0. The fraction of sp³-hybridized carbons (Fsp3) is 0.467. The highest BCUT2D eigenvalue weighted by molar-refractivity contribution is 7.91. The van der Waals surface area contributed by atoms with E-state index < -0.39 is 28.3 Å². The van der Waals surface area contributed by atoms with Crippen LogP contribution in [0.3, 0.4) is 0 Å². The van der Waals surface area contributed by atoms with E-state index in [1.54, 1.807) is 6.92 Å². The van der Waals surface area contributed by atoms with E-state index in [9.17, 15) is 18.0 Å². The number of hydrogen-bond acceptors (Lipinski definition) is 5. The SMILES string of the molecule is CCN(C(=O)COC(=O)c1cc(Cl)ccc1Cl)[C@H]1CCS(=O)(=O)C1. The predicted octanol–water partition coefficient (Wildman–Crippen LogP) is 2.19. The molecule has 2 rings (SSSR count). The van der Waals surface area contributed by atoms with Gasteiger partial charge in [-0.2, -0.15) is 0 Å². The first-order chi connectivity index (χ1) is 11.2. The lowest BCUT2D eigenvalue weighted by molar-refractivity contribution is -0.136. The Hall–Kier alpha value is -1.31. The molecule has 1 amide bonds. The van der Waals surface area contributed by atoms with Crippen LogP contribution in [0.15, 0.2) is 18.2 Å². The third-order valence-corrected chi connectivity index (χ3v) is 6.10. The van der Waals surface area contributed by atoms with Gasteiger partial charge in [-0.25, -0.2) is 13.2 Å². The zero-order chi connectivity index (χ0) is 17.9. The molecule has 0 aliphatic carbocycles. The summed E-state index contributed by atoms with van der Waals surface area (Å²) in [5, 5.41) is 0.495. The number of amides is 1. The van der Waals surface area contributed by atoms with Crippen LogP contribution in [0.25, 0.3) is 0 Å². The summed E-state index contributed by atoms with van der Waals surface area (Å²) < 4.78 is 28.1. The molecule has 9 heteroatoms. The molecule has 0 radical (unpaired) electrons. The van der Waals surface area contributed by atoms with Crippen molar-refractivity contribution in [2.75, 3.05) is 24.7 Å². The zero-order valence-electron chi connectivity index (χ0n) is 13.0. The number of halogens is 2. The van der Waals surface area contributed by atoms with Crippen LogP contribution in [0.4, 0.5) is 0 Å². The average molecular weight is 394 g/mol. The number of carbonyl (C=O) groups is 2. The minimum atomic E-state index is -3.10. The standard InChI is InChI=1S/C15H17Cl2NO5S/c1-2-18(11-5-6-24(21,22)9-11)14(19)8-23-15(20)12-7-10(16)3-4-13(12)17/h3-4,7,11H,2,5-6,8-9H2,1H3/t11-/m0/s1. The molecule has 1 aliphatic heterocycles. The lowest BCUT2D eigenvalue weighted by atomic mass is 10.2. The molecule has 0 bridgehead atoms. The van der Waals surface area contributed by atoms with E-state index in [2.05, 4.69) is 0 Å². The maximum absolute atomic E-state index is 12.3. The van der Waals surface area contributed by atoms with E-state index >= 15 is 0 Å². The predicted molar refractivity (Wildman–Crippen MR) is 91.2 cm³/mol. The molecule has 1 aromatic carbocycles. The first kappa shape index (κ1) is 19.0. The molecule has 1 heterocycles. The van der Waals surface area contributed by atoms with Crippen molar-refractivity contribution in [3.8, 4) is 0 Å². The zero-order valence-corrected chi connectivity index (χ0v) is 15.3. The number of sulfone groups is 1. The smallest absolute Gasteiger partial charge is 0.340 e. The summed E-state index contributed by atoms with van der Waals surface area (Å²) >= 11 is 11.7.